The predicted molar refractivity (Wildman–Crippen MR) is 72.3 cm³/mol. The largest absolute Gasteiger partial charge is 0.481 e. The number of carbonyl (C=O) groups is 2. The maximum atomic E-state index is 12.2. The number of aryl methyl sites for hydroxylation is 1. The minimum atomic E-state index is -0.922. The summed E-state index contributed by atoms with van der Waals surface area (Å²) in [4.78, 5) is 24.4. The number of rotatable bonds is 4. The summed E-state index contributed by atoms with van der Waals surface area (Å²) in [6, 6.07) is 5.12. The first-order valence-corrected chi connectivity index (χ1v) is 6.18. The van der Waals surface area contributed by atoms with Crippen molar-refractivity contribution < 1.29 is 14.7 Å². The summed E-state index contributed by atoms with van der Waals surface area (Å²) in [6.45, 7) is 1.73. The average molecular weight is 276 g/mol. The second-order valence-corrected chi connectivity index (χ2v) is 4.84. The number of nitrogens with zero attached hydrogens (tertiary/aromatic N) is 4. The molecule has 1 amide bonds. The molecule has 0 fully saturated rings. The molecule has 0 saturated carbocycles. The van der Waals surface area contributed by atoms with Crippen molar-refractivity contribution in [3.8, 4) is 0 Å². The lowest BCUT2D eigenvalue weighted by Crippen LogP contribution is -2.33. The van der Waals surface area contributed by atoms with E-state index in [1.807, 2.05) is 0 Å². The van der Waals surface area contributed by atoms with Crippen LogP contribution in [0.2, 0.25) is 0 Å². The van der Waals surface area contributed by atoms with Crippen molar-refractivity contribution in [1.29, 1.82) is 0 Å². The molecule has 0 saturated heterocycles. The lowest BCUT2D eigenvalue weighted by atomic mass is 10.1. The molecule has 20 heavy (non-hydrogen) atoms. The zero-order valence-corrected chi connectivity index (χ0v) is 11.6. The Balaban J connectivity index is 2.20. The minimum Gasteiger partial charge on any atom is -0.481 e. The van der Waals surface area contributed by atoms with E-state index in [4.69, 9.17) is 5.11 Å². The fraction of sp³-hybridized carbons (Fsp3) is 0.385. The lowest BCUT2D eigenvalue weighted by molar-refractivity contribution is -0.141. The van der Waals surface area contributed by atoms with E-state index in [9.17, 15) is 9.59 Å². The first kappa shape index (κ1) is 14.0. The summed E-state index contributed by atoms with van der Waals surface area (Å²) < 4.78 is 1.62. The van der Waals surface area contributed by atoms with Crippen LogP contribution in [0.3, 0.4) is 0 Å². The Morgan fingerprint density at radius 3 is 2.80 bits per heavy atom. The van der Waals surface area contributed by atoms with Crippen molar-refractivity contribution in [3.05, 3.63) is 23.8 Å². The van der Waals surface area contributed by atoms with Gasteiger partial charge in [-0.3, -0.25) is 9.59 Å². The van der Waals surface area contributed by atoms with Crippen LogP contribution in [0.15, 0.2) is 18.2 Å². The highest BCUT2D eigenvalue weighted by Gasteiger charge is 2.19. The summed E-state index contributed by atoms with van der Waals surface area (Å²) in [5.74, 6) is -1.76. The molecule has 1 atom stereocenters. The molecule has 0 spiro atoms. The molecule has 106 valence electrons. The summed E-state index contributed by atoms with van der Waals surface area (Å²) in [6.07, 6.45) is 0. The van der Waals surface area contributed by atoms with E-state index in [-0.39, 0.29) is 12.5 Å². The van der Waals surface area contributed by atoms with Crippen LogP contribution in [-0.4, -0.2) is 50.5 Å². The van der Waals surface area contributed by atoms with Crippen molar-refractivity contribution >= 4 is 22.9 Å². The molecule has 0 bridgehead atoms. The van der Waals surface area contributed by atoms with Crippen LogP contribution in [0, 0.1) is 5.92 Å². The Bertz CT molecular complexity index is 665. The molecule has 2 aromatic rings. The first-order chi connectivity index (χ1) is 9.40. The Morgan fingerprint density at radius 2 is 2.15 bits per heavy atom. The number of aliphatic carboxylic acids is 1. The van der Waals surface area contributed by atoms with Gasteiger partial charge in [-0.2, -0.15) is 0 Å². The smallest absolute Gasteiger partial charge is 0.308 e. The van der Waals surface area contributed by atoms with Crippen LogP contribution in [0.5, 0.6) is 0 Å². The number of carboxylic acid groups (broad SMARTS) is 1. The maximum Gasteiger partial charge on any atom is 0.308 e. The van der Waals surface area contributed by atoms with Crippen molar-refractivity contribution in [2.45, 2.75) is 6.92 Å². The monoisotopic (exact) mass is 276 g/mol. The molecule has 1 heterocycles. The third-order valence-corrected chi connectivity index (χ3v) is 3.17. The fourth-order valence-corrected chi connectivity index (χ4v) is 1.97. The number of aromatic nitrogens is 3. The van der Waals surface area contributed by atoms with Gasteiger partial charge in [0.25, 0.3) is 5.91 Å². The zero-order valence-electron chi connectivity index (χ0n) is 11.6. The molecule has 0 aliphatic rings. The van der Waals surface area contributed by atoms with Gasteiger partial charge in [-0.15, -0.1) is 5.10 Å². The van der Waals surface area contributed by atoms with E-state index >= 15 is 0 Å². The van der Waals surface area contributed by atoms with Gasteiger partial charge in [0.05, 0.1) is 11.4 Å². The normalized spacial score (nSPS) is 12.3. The van der Waals surface area contributed by atoms with Crippen LogP contribution < -0.4 is 0 Å². The number of benzene rings is 1. The second-order valence-electron chi connectivity index (χ2n) is 4.84. The van der Waals surface area contributed by atoms with E-state index in [1.54, 1.807) is 43.9 Å². The number of carbonyl (C=O) groups excluding carboxylic acids is 1. The number of fused-ring (bicyclic) bond motifs is 1. The standard InChI is InChI=1S/C13H16N4O3/c1-8(13(19)20)7-16(2)12(18)9-4-5-11-10(6-9)14-15-17(11)3/h4-6,8H,7H2,1-3H3,(H,19,20). The van der Waals surface area contributed by atoms with Crippen LogP contribution in [0.25, 0.3) is 11.0 Å². The Labute approximate surface area is 115 Å². The van der Waals surface area contributed by atoms with Crippen LogP contribution >= 0.6 is 0 Å². The zero-order chi connectivity index (χ0) is 14.9. The van der Waals surface area contributed by atoms with Gasteiger partial charge in [0.15, 0.2) is 0 Å². The van der Waals surface area contributed by atoms with E-state index in [0.717, 1.165) is 5.52 Å². The first-order valence-electron chi connectivity index (χ1n) is 6.18. The Hall–Kier alpha value is -2.44. The average Bonchev–Trinajstić information content (AvgIpc) is 2.78. The van der Waals surface area contributed by atoms with Gasteiger partial charge in [-0.25, -0.2) is 4.68 Å². The molecule has 0 aliphatic carbocycles. The van der Waals surface area contributed by atoms with Gasteiger partial charge in [0.2, 0.25) is 0 Å². The molecule has 7 heteroatoms. The molecule has 0 radical (unpaired) electrons. The summed E-state index contributed by atoms with van der Waals surface area (Å²) in [5.41, 5.74) is 1.94. The SMILES string of the molecule is CC(CN(C)C(=O)c1ccc2c(c1)nnn2C)C(=O)O. The highest BCUT2D eigenvalue weighted by Crippen LogP contribution is 2.14. The number of amides is 1. The van der Waals surface area contributed by atoms with E-state index in [1.165, 1.54) is 4.90 Å². The summed E-state index contributed by atoms with van der Waals surface area (Å²) >= 11 is 0. The van der Waals surface area contributed by atoms with E-state index in [2.05, 4.69) is 10.3 Å². The quantitative estimate of drug-likeness (QED) is 0.890. The molecule has 1 aromatic carbocycles. The number of hydrogen-bond acceptors (Lipinski definition) is 4. The predicted octanol–water partition coefficient (Wildman–Crippen LogP) is 0.761. The Morgan fingerprint density at radius 1 is 1.45 bits per heavy atom. The van der Waals surface area contributed by atoms with Gasteiger partial charge in [-0.05, 0) is 18.2 Å². The molecule has 0 aliphatic heterocycles. The minimum absolute atomic E-state index is 0.159. The molecule has 7 nitrogen and oxygen atoms in total. The highest BCUT2D eigenvalue weighted by atomic mass is 16.4. The van der Waals surface area contributed by atoms with Crippen molar-refractivity contribution in [2.75, 3.05) is 13.6 Å². The van der Waals surface area contributed by atoms with Gasteiger partial charge in [-0.1, -0.05) is 12.1 Å². The van der Waals surface area contributed by atoms with Gasteiger partial charge < -0.3 is 10.0 Å². The maximum absolute atomic E-state index is 12.2. The second kappa shape index (κ2) is 5.28. The van der Waals surface area contributed by atoms with E-state index < -0.39 is 11.9 Å². The number of carboxylic acids is 1. The molecule has 2 rings (SSSR count). The summed E-state index contributed by atoms with van der Waals surface area (Å²) in [5, 5.41) is 16.7. The van der Waals surface area contributed by atoms with Crippen LogP contribution in [-0.2, 0) is 11.8 Å². The third kappa shape index (κ3) is 2.61. The molecular formula is C13H16N4O3. The van der Waals surface area contributed by atoms with Gasteiger partial charge in [0.1, 0.15) is 5.52 Å². The van der Waals surface area contributed by atoms with E-state index in [0.29, 0.717) is 11.1 Å². The number of hydrogen-bond donors (Lipinski definition) is 1. The van der Waals surface area contributed by atoms with Crippen molar-refractivity contribution in [2.24, 2.45) is 13.0 Å². The molecular weight excluding hydrogens is 260 g/mol. The van der Waals surface area contributed by atoms with Gasteiger partial charge in [0, 0.05) is 26.2 Å². The molecule has 1 unspecified atom stereocenters. The van der Waals surface area contributed by atoms with Crippen LogP contribution in [0.4, 0.5) is 0 Å². The summed E-state index contributed by atoms with van der Waals surface area (Å²) in [7, 11) is 3.36. The van der Waals surface area contributed by atoms with Gasteiger partial charge >= 0.3 is 5.97 Å². The topological polar surface area (TPSA) is 88.3 Å². The van der Waals surface area contributed by atoms with Crippen LogP contribution in [0.1, 0.15) is 17.3 Å². The molecule has 1 aromatic heterocycles. The molecule has 1 N–H and O–H groups in total. The van der Waals surface area contributed by atoms with Crippen molar-refractivity contribution in [1.82, 2.24) is 19.9 Å². The fourth-order valence-electron chi connectivity index (χ4n) is 1.97. The Kier molecular flexibility index (Phi) is 3.69. The van der Waals surface area contributed by atoms with Crippen molar-refractivity contribution in [3.63, 3.8) is 0 Å². The highest BCUT2D eigenvalue weighted by molar-refractivity contribution is 5.97. The lowest BCUT2D eigenvalue weighted by Gasteiger charge is -2.19. The third-order valence-electron chi connectivity index (χ3n) is 3.17.